The quantitative estimate of drug-likeness (QED) is 0.291. The normalized spacial score (nSPS) is 19.0. The van der Waals surface area contributed by atoms with Gasteiger partial charge in [0.15, 0.2) is 0 Å². The Morgan fingerprint density at radius 1 is 0.884 bits per heavy atom. The Morgan fingerprint density at radius 3 is 2.12 bits per heavy atom. The third-order valence-corrected chi connectivity index (χ3v) is 11.0. The Bertz CT molecular complexity index is 1690. The lowest BCUT2D eigenvalue weighted by Gasteiger charge is -2.31. The van der Waals surface area contributed by atoms with E-state index in [1.807, 2.05) is 49.5 Å². The standard InChI is InChI=1S/C29H32Cl2N6O4S2/c1-35-16-18-36(19-17-35)42(38,39)20-15-32-29(34-43(40,41)26-13-11-25(31)12-14-26)37-21-27(22-5-3-2-4-6-22)28(33-37)23-7-9-24(30)10-8-23/h2-14,27H,15-21H2,1H3,(H,32,34)/t27-/m1/s1. The minimum atomic E-state index is -4.11. The third-order valence-electron chi connectivity index (χ3n) is 7.32. The van der Waals surface area contributed by atoms with E-state index in [1.54, 1.807) is 12.1 Å². The molecule has 14 heteroatoms. The molecular weight excluding hydrogens is 631 g/mol. The molecule has 3 aromatic carbocycles. The van der Waals surface area contributed by atoms with Crippen molar-refractivity contribution in [1.29, 1.82) is 0 Å². The fourth-order valence-corrected chi connectivity index (χ4v) is 7.46. The lowest BCUT2D eigenvalue weighted by molar-refractivity contribution is 0.222. The Labute approximate surface area is 262 Å². The van der Waals surface area contributed by atoms with Gasteiger partial charge in [0.25, 0.3) is 10.0 Å². The van der Waals surface area contributed by atoms with Crippen LogP contribution in [0.1, 0.15) is 17.0 Å². The molecule has 0 spiro atoms. The first-order valence-corrected chi connectivity index (χ1v) is 17.5. The van der Waals surface area contributed by atoms with Gasteiger partial charge >= 0.3 is 0 Å². The maximum atomic E-state index is 13.4. The van der Waals surface area contributed by atoms with E-state index in [4.69, 9.17) is 28.3 Å². The molecule has 0 unspecified atom stereocenters. The van der Waals surface area contributed by atoms with Gasteiger partial charge < -0.3 is 4.90 Å². The van der Waals surface area contributed by atoms with Crippen LogP contribution < -0.4 is 4.72 Å². The highest BCUT2D eigenvalue weighted by atomic mass is 35.5. The summed E-state index contributed by atoms with van der Waals surface area (Å²) in [5.74, 6) is -0.567. The molecule has 228 valence electrons. The highest BCUT2D eigenvalue weighted by Gasteiger charge is 2.33. The summed E-state index contributed by atoms with van der Waals surface area (Å²) in [6.07, 6.45) is 0. The van der Waals surface area contributed by atoms with Crippen molar-refractivity contribution in [3.63, 3.8) is 0 Å². The molecule has 0 aliphatic carbocycles. The van der Waals surface area contributed by atoms with Gasteiger partial charge in [-0.1, -0.05) is 65.7 Å². The molecule has 5 rings (SSSR count). The number of benzene rings is 3. The number of guanidine groups is 1. The number of nitrogens with one attached hydrogen (secondary N) is 1. The number of aliphatic imine (C=N–C) groups is 1. The molecule has 10 nitrogen and oxygen atoms in total. The van der Waals surface area contributed by atoms with Crippen molar-refractivity contribution < 1.29 is 16.8 Å². The highest BCUT2D eigenvalue weighted by molar-refractivity contribution is 7.90. The number of hydrogen-bond acceptors (Lipinski definition) is 7. The molecule has 0 saturated carbocycles. The third kappa shape index (κ3) is 7.75. The lowest BCUT2D eigenvalue weighted by atomic mass is 9.91. The maximum absolute atomic E-state index is 13.4. The molecule has 1 fully saturated rings. The Morgan fingerprint density at radius 2 is 1.49 bits per heavy atom. The summed E-state index contributed by atoms with van der Waals surface area (Å²) >= 11 is 12.1. The van der Waals surface area contributed by atoms with E-state index in [2.05, 4.69) is 14.6 Å². The van der Waals surface area contributed by atoms with Crippen LogP contribution in [0.4, 0.5) is 0 Å². The molecule has 0 amide bonds. The SMILES string of the molecule is CN1CCN(S(=O)(=O)CCN=C(NS(=O)(=O)c2ccc(Cl)cc2)N2C[C@H](c3ccccc3)C(c3ccc(Cl)cc3)=N2)CC1. The van der Waals surface area contributed by atoms with Crippen molar-refractivity contribution >= 4 is 54.9 Å². The molecule has 1 saturated heterocycles. The fourth-order valence-electron chi connectivity index (χ4n) is 4.88. The van der Waals surface area contributed by atoms with Crippen molar-refractivity contribution in [2.45, 2.75) is 10.8 Å². The van der Waals surface area contributed by atoms with Crippen molar-refractivity contribution in [3.8, 4) is 0 Å². The van der Waals surface area contributed by atoms with Crippen molar-refractivity contribution in [2.24, 2.45) is 10.1 Å². The minimum Gasteiger partial charge on any atom is -0.304 e. The van der Waals surface area contributed by atoms with Gasteiger partial charge in [-0.05, 0) is 54.6 Å². The summed E-state index contributed by atoms with van der Waals surface area (Å²) in [7, 11) is -5.76. The summed E-state index contributed by atoms with van der Waals surface area (Å²) in [5.41, 5.74) is 2.50. The number of nitrogens with zero attached hydrogens (tertiary/aromatic N) is 5. The average Bonchev–Trinajstić information content (AvgIpc) is 3.43. The van der Waals surface area contributed by atoms with E-state index in [-0.39, 0.29) is 35.6 Å². The predicted molar refractivity (Wildman–Crippen MR) is 171 cm³/mol. The fraction of sp³-hybridized carbons (Fsp3) is 0.310. The summed E-state index contributed by atoms with van der Waals surface area (Å²) in [4.78, 5) is 6.53. The molecule has 0 bridgehead atoms. The van der Waals surface area contributed by atoms with Gasteiger partial charge in [0.1, 0.15) is 0 Å². The van der Waals surface area contributed by atoms with E-state index in [1.165, 1.54) is 33.6 Å². The molecule has 2 aliphatic rings. The number of piperazine rings is 1. The summed E-state index contributed by atoms with van der Waals surface area (Å²) in [5, 5.41) is 7.27. The molecule has 0 radical (unpaired) electrons. The Kier molecular flexibility index (Phi) is 9.74. The molecular formula is C29H32Cl2N6O4S2. The maximum Gasteiger partial charge on any atom is 0.264 e. The van der Waals surface area contributed by atoms with Crippen LogP contribution in [0.5, 0.6) is 0 Å². The van der Waals surface area contributed by atoms with Gasteiger partial charge in [-0.25, -0.2) is 31.6 Å². The van der Waals surface area contributed by atoms with E-state index < -0.39 is 20.0 Å². The van der Waals surface area contributed by atoms with Gasteiger partial charge in [-0.15, -0.1) is 0 Å². The second kappa shape index (κ2) is 13.3. The van der Waals surface area contributed by atoms with Crippen LogP contribution in [0.15, 0.2) is 93.9 Å². The second-order valence-corrected chi connectivity index (χ2v) is 15.0. The average molecular weight is 664 g/mol. The van der Waals surface area contributed by atoms with Crippen LogP contribution >= 0.6 is 23.2 Å². The molecule has 43 heavy (non-hydrogen) atoms. The first-order valence-electron chi connectivity index (χ1n) is 13.7. The van der Waals surface area contributed by atoms with Crippen LogP contribution in [-0.4, -0.2) is 94.8 Å². The molecule has 2 aliphatic heterocycles. The zero-order valence-corrected chi connectivity index (χ0v) is 26.6. The van der Waals surface area contributed by atoms with E-state index in [0.29, 0.717) is 41.9 Å². The van der Waals surface area contributed by atoms with Gasteiger partial charge in [-0.2, -0.15) is 9.41 Å². The first kappa shape index (κ1) is 31.4. The molecule has 1 N–H and O–H groups in total. The number of hydrazone groups is 1. The van der Waals surface area contributed by atoms with Crippen LogP contribution in [0, 0.1) is 0 Å². The van der Waals surface area contributed by atoms with E-state index in [9.17, 15) is 16.8 Å². The minimum absolute atomic E-state index is 0.0182. The monoisotopic (exact) mass is 662 g/mol. The smallest absolute Gasteiger partial charge is 0.264 e. The van der Waals surface area contributed by atoms with Gasteiger partial charge in [-0.3, -0.25) is 0 Å². The summed E-state index contributed by atoms with van der Waals surface area (Å²) in [6, 6.07) is 22.7. The second-order valence-electron chi connectivity index (χ2n) is 10.3. The lowest BCUT2D eigenvalue weighted by Crippen LogP contribution is -2.48. The number of sulfonamides is 2. The predicted octanol–water partition coefficient (Wildman–Crippen LogP) is 3.71. The number of hydrogen-bond donors (Lipinski definition) is 1. The molecule has 1 atom stereocenters. The first-order chi connectivity index (χ1) is 20.5. The molecule has 2 heterocycles. The Hall–Kier alpha value is -3.00. The van der Waals surface area contributed by atoms with E-state index >= 15 is 0 Å². The van der Waals surface area contributed by atoms with Crippen molar-refractivity contribution in [3.05, 3.63) is 100 Å². The Balaban J connectivity index is 1.48. The number of likely N-dealkylation sites (N-methyl/N-ethyl adjacent to an activating group) is 1. The van der Waals surface area contributed by atoms with Crippen molar-refractivity contribution in [1.82, 2.24) is 18.9 Å². The summed E-state index contributed by atoms with van der Waals surface area (Å²) < 4.78 is 57.0. The van der Waals surface area contributed by atoms with E-state index in [0.717, 1.165) is 11.1 Å². The zero-order chi connectivity index (χ0) is 30.6. The van der Waals surface area contributed by atoms with Gasteiger partial charge in [0.2, 0.25) is 16.0 Å². The highest BCUT2D eigenvalue weighted by Crippen LogP contribution is 2.30. The van der Waals surface area contributed by atoms with Crippen LogP contribution in [0.2, 0.25) is 10.0 Å². The van der Waals surface area contributed by atoms with Crippen LogP contribution in [0.3, 0.4) is 0 Å². The van der Waals surface area contributed by atoms with Gasteiger partial charge in [0, 0.05) is 42.1 Å². The summed E-state index contributed by atoms with van der Waals surface area (Å²) in [6.45, 7) is 2.20. The van der Waals surface area contributed by atoms with Crippen molar-refractivity contribution in [2.75, 3.05) is 52.1 Å². The molecule has 0 aromatic heterocycles. The topological polar surface area (TPSA) is 115 Å². The largest absolute Gasteiger partial charge is 0.304 e. The number of rotatable bonds is 8. The van der Waals surface area contributed by atoms with Crippen LogP contribution in [0.25, 0.3) is 0 Å². The zero-order valence-electron chi connectivity index (χ0n) is 23.5. The molecule has 3 aromatic rings. The van der Waals surface area contributed by atoms with Gasteiger partial charge in [0.05, 0.1) is 29.4 Å². The van der Waals surface area contributed by atoms with Crippen LogP contribution in [-0.2, 0) is 20.0 Å². The number of halogens is 2.